The fourth-order valence-corrected chi connectivity index (χ4v) is 4.33. The van der Waals surface area contributed by atoms with E-state index in [1.165, 1.54) is 25.7 Å². The summed E-state index contributed by atoms with van der Waals surface area (Å²) in [6.45, 7) is 3.00. The summed E-state index contributed by atoms with van der Waals surface area (Å²) in [5.74, 6) is -0.599. The van der Waals surface area contributed by atoms with Gasteiger partial charge in [-0.3, -0.25) is 4.79 Å². The Morgan fingerprint density at radius 1 is 1.20 bits per heavy atom. The number of aliphatic carboxylic acids is 1. The zero-order valence-corrected chi connectivity index (χ0v) is 15.7. The van der Waals surface area contributed by atoms with Crippen molar-refractivity contribution in [2.45, 2.75) is 102 Å². The van der Waals surface area contributed by atoms with Crippen molar-refractivity contribution in [3.8, 4) is 0 Å². The predicted octanol–water partition coefficient (Wildman–Crippen LogP) is 4.12. The van der Waals surface area contributed by atoms with Crippen LogP contribution in [-0.4, -0.2) is 41.3 Å². The Hall–Kier alpha value is -0.650. The van der Waals surface area contributed by atoms with Gasteiger partial charge >= 0.3 is 5.97 Å². The largest absolute Gasteiger partial charge is 0.481 e. The van der Waals surface area contributed by atoms with E-state index in [4.69, 9.17) is 14.6 Å². The highest BCUT2D eigenvalue weighted by Gasteiger charge is 2.36. The molecule has 5 heteroatoms. The van der Waals surface area contributed by atoms with E-state index in [-0.39, 0.29) is 24.7 Å². The maximum absolute atomic E-state index is 11.1. The normalized spacial score (nSPS) is 31.1. The van der Waals surface area contributed by atoms with Gasteiger partial charge < -0.3 is 19.7 Å². The molecule has 5 nitrogen and oxygen atoms in total. The third-order valence-electron chi connectivity index (χ3n) is 5.81. The van der Waals surface area contributed by atoms with Crippen LogP contribution < -0.4 is 0 Å². The molecular formula is C20H36O5. The number of carbonyl (C=O) groups is 1. The van der Waals surface area contributed by atoms with Crippen LogP contribution in [0.1, 0.15) is 84.0 Å². The average molecular weight is 357 g/mol. The minimum absolute atomic E-state index is 0.0654. The summed E-state index contributed by atoms with van der Waals surface area (Å²) in [7, 11) is 0. The Balaban J connectivity index is 1.82. The number of rotatable bonds is 11. The molecule has 0 aromatic heterocycles. The SMILES string of the molecule is CCCCCC(CCC1CCC(O)C1CC(=O)O)OC1CCCCO1. The van der Waals surface area contributed by atoms with Crippen molar-refractivity contribution >= 4 is 5.97 Å². The van der Waals surface area contributed by atoms with Gasteiger partial charge in [0.15, 0.2) is 6.29 Å². The number of carboxylic acids is 1. The maximum atomic E-state index is 11.1. The molecule has 25 heavy (non-hydrogen) atoms. The first-order valence-corrected chi connectivity index (χ1v) is 10.3. The van der Waals surface area contributed by atoms with Crippen LogP contribution in [-0.2, 0) is 14.3 Å². The molecule has 1 aliphatic heterocycles. The van der Waals surface area contributed by atoms with Gasteiger partial charge in [-0.05, 0) is 63.2 Å². The molecule has 1 heterocycles. The van der Waals surface area contributed by atoms with Crippen LogP contribution in [0.4, 0.5) is 0 Å². The van der Waals surface area contributed by atoms with Gasteiger partial charge in [0.05, 0.1) is 18.6 Å². The summed E-state index contributed by atoms with van der Waals surface area (Å²) >= 11 is 0. The third kappa shape index (κ3) is 7.24. The Bertz CT molecular complexity index is 380. The zero-order valence-electron chi connectivity index (χ0n) is 15.7. The fraction of sp³-hybridized carbons (Fsp3) is 0.950. The molecule has 5 unspecified atom stereocenters. The van der Waals surface area contributed by atoms with Crippen LogP contribution in [0, 0.1) is 11.8 Å². The second-order valence-corrected chi connectivity index (χ2v) is 7.79. The van der Waals surface area contributed by atoms with Gasteiger partial charge in [-0.1, -0.05) is 26.2 Å². The summed E-state index contributed by atoms with van der Waals surface area (Å²) in [6, 6.07) is 0. The zero-order chi connectivity index (χ0) is 18.1. The number of hydrogen-bond acceptors (Lipinski definition) is 4. The smallest absolute Gasteiger partial charge is 0.303 e. The highest BCUT2D eigenvalue weighted by molar-refractivity contribution is 5.67. The molecule has 0 amide bonds. The van der Waals surface area contributed by atoms with Gasteiger partial charge in [-0.15, -0.1) is 0 Å². The molecule has 0 radical (unpaired) electrons. The van der Waals surface area contributed by atoms with Crippen LogP contribution in [0.25, 0.3) is 0 Å². The predicted molar refractivity (Wildman–Crippen MR) is 96.3 cm³/mol. The van der Waals surface area contributed by atoms with Gasteiger partial charge in [-0.2, -0.15) is 0 Å². The standard InChI is InChI=1S/C20H36O5/c1-2-3-4-7-16(25-20-8-5-6-13-24-20)11-9-15-10-12-18(21)17(15)14-19(22)23/h15-18,20-21H,2-14H2,1H3,(H,22,23). The minimum atomic E-state index is -0.803. The van der Waals surface area contributed by atoms with E-state index in [0.29, 0.717) is 5.92 Å². The van der Waals surface area contributed by atoms with Crippen LogP contribution in [0.2, 0.25) is 0 Å². The Labute approximate surface area is 152 Å². The third-order valence-corrected chi connectivity index (χ3v) is 5.81. The van der Waals surface area contributed by atoms with E-state index >= 15 is 0 Å². The molecule has 2 N–H and O–H groups in total. The summed E-state index contributed by atoms with van der Waals surface area (Å²) in [4.78, 5) is 11.1. The van der Waals surface area contributed by atoms with Crippen molar-refractivity contribution in [2.75, 3.05) is 6.61 Å². The van der Waals surface area contributed by atoms with Crippen molar-refractivity contribution in [2.24, 2.45) is 11.8 Å². The van der Waals surface area contributed by atoms with Crippen LogP contribution in [0.15, 0.2) is 0 Å². The lowest BCUT2D eigenvalue weighted by atomic mass is 9.87. The second-order valence-electron chi connectivity index (χ2n) is 7.79. The quantitative estimate of drug-likeness (QED) is 0.545. The van der Waals surface area contributed by atoms with E-state index in [2.05, 4.69) is 6.92 Å². The average Bonchev–Trinajstić information content (AvgIpc) is 2.93. The summed E-state index contributed by atoms with van der Waals surface area (Å²) < 4.78 is 12.0. The molecule has 2 aliphatic rings. The molecule has 2 fully saturated rings. The highest BCUT2D eigenvalue weighted by Crippen LogP contribution is 2.38. The van der Waals surface area contributed by atoms with Crippen LogP contribution in [0.3, 0.4) is 0 Å². The fourth-order valence-electron chi connectivity index (χ4n) is 4.33. The van der Waals surface area contributed by atoms with Crippen LogP contribution >= 0.6 is 0 Å². The van der Waals surface area contributed by atoms with Gasteiger partial charge in [0.25, 0.3) is 0 Å². The van der Waals surface area contributed by atoms with Crippen molar-refractivity contribution in [1.82, 2.24) is 0 Å². The number of hydrogen-bond donors (Lipinski definition) is 2. The van der Waals surface area contributed by atoms with Crippen LogP contribution in [0.5, 0.6) is 0 Å². The Morgan fingerprint density at radius 3 is 2.72 bits per heavy atom. The van der Waals surface area contributed by atoms with Gasteiger partial charge in [0.2, 0.25) is 0 Å². The first-order valence-electron chi connectivity index (χ1n) is 10.3. The molecule has 0 spiro atoms. The molecule has 1 saturated carbocycles. The number of aliphatic hydroxyl groups excluding tert-OH is 1. The minimum Gasteiger partial charge on any atom is -0.481 e. The molecule has 2 rings (SSSR count). The van der Waals surface area contributed by atoms with Gasteiger partial charge in [0, 0.05) is 6.61 Å². The summed E-state index contributed by atoms with van der Waals surface area (Å²) in [5, 5.41) is 19.2. The topological polar surface area (TPSA) is 76.0 Å². The Morgan fingerprint density at radius 2 is 2.04 bits per heavy atom. The lowest BCUT2D eigenvalue weighted by Crippen LogP contribution is -2.29. The first-order chi connectivity index (χ1) is 12.1. The van der Waals surface area contributed by atoms with Gasteiger partial charge in [-0.25, -0.2) is 0 Å². The summed E-state index contributed by atoms with van der Waals surface area (Å²) in [6.07, 6.45) is 11.2. The van der Waals surface area contributed by atoms with E-state index < -0.39 is 12.1 Å². The lowest BCUT2D eigenvalue weighted by molar-refractivity contribution is -0.191. The monoisotopic (exact) mass is 356 g/mol. The first kappa shape index (κ1) is 20.7. The van der Waals surface area contributed by atoms with Gasteiger partial charge in [0.1, 0.15) is 0 Å². The number of carboxylic acid groups (broad SMARTS) is 1. The summed E-state index contributed by atoms with van der Waals surface area (Å²) in [5.41, 5.74) is 0. The number of ether oxygens (including phenoxy) is 2. The second kappa shape index (κ2) is 11.1. The molecule has 0 bridgehead atoms. The van der Waals surface area contributed by atoms with E-state index in [9.17, 15) is 9.90 Å². The molecule has 1 aliphatic carbocycles. The molecular weight excluding hydrogens is 320 g/mol. The maximum Gasteiger partial charge on any atom is 0.303 e. The van der Waals surface area contributed by atoms with Crippen molar-refractivity contribution in [1.29, 1.82) is 0 Å². The van der Waals surface area contributed by atoms with E-state index in [1.54, 1.807) is 0 Å². The molecule has 0 aromatic carbocycles. The van der Waals surface area contributed by atoms with E-state index in [1.807, 2.05) is 0 Å². The molecule has 5 atom stereocenters. The van der Waals surface area contributed by atoms with E-state index in [0.717, 1.165) is 51.6 Å². The molecule has 146 valence electrons. The number of aliphatic hydroxyl groups is 1. The molecule has 1 saturated heterocycles. The number of unbranched alkanes of at least 4 members (excludes halogenated alkanes) is 2. The van der Waals surface area contributed by atoms with Crippen molar-refractivity contribution in [3.63, 3.8) is 0 Å². The Kier molecular flexibility index (Phi) is 9.21. The van der Waals surface area contributed by atoms with Crippen molar-refractivity contribution < 1.29 is 24.5 Å². The van der Waals surface area contributed by atoms with Crippen molar-refractivity contribution in [3.05, 3.63) is 0 Å². The lowest BCUT2D eigenvalue weighted by Gasteiger charge is -2.29. The highest BCUT2D eigenvalue weighted by atomic mass is 16.7. The molecule has 0 aromatic rings.